The van der Waals surface area contributed by atoms with Gasteiger partial charge in [0.25, 0.3) is 0 Å². The lowest BCUT2D eigenvalue weighted by Crippen LogP contribution is -2.52. The second-order valence-electron chi connectivity index (χ2n) is 11.7. The van der Waals surface area contributed by atoms with Crippen molar-refractivity contribution in [3.8, 4) is 0 Å². The number of hydrogen-bond acceptors (Lipinski definition) is 5. The average Bonchev–Trinajstić information content (AvgIpc) is 3.10. The number of carbonyl (C=O) groups is 2. The summed E-state index contributed by atoms with van der Waals surface area (Å²) in [6.07, 6.45) is 5.08. The lowest BCUT2D eigenvalue weighted by molar-refractivity contribution is -0.123. The molecule has 0 radical (unpaired) electrons. The molecule has 0 bridgehead atoms. The first-order chi connectivity index (χ1) is 22.1. The van der Waals surface area contributed by atoms with Crippen LogP contribution >= 0.6 is 0 Å². The molecule has 0 unspecified atom stereocenters. The van der Waals surface area contributed by atoms with Gasteiger partial charge in [-0.05, 0) is 73.1 Å². The number of piperidine rings is 1. The van der Waals surface area contributed by atoms with Crippen LogP contribution in [0, 0.1) is 0 Å². The zero-order valence-corrected chi connectivity index (χ0v) is 25.9. The lowest BCUT2D eigenvalue weighted by atomic mass is 10.0. The summed E-state index contributed by atoms with van der Waals surface area (Å²) in [6.45, 7) is 2.90. The standard InChI is InChI=1S/C38H44N4O3/c43-37(36(27-31-15-7-2-8-16-31)41-38(44)45-29-32-17-9-3-10-18-32)40-34(20-19-30-13-5-1-6-14-30)28-39-33-21-23-35(24-22-33)42-25-11-4-12-26-42/h1-3,5-10,13-18,21-24,34,36,39H,4,11-12,19-20,25-29H2,(H,40,43)(H,41,44)/t34-,36-/m0/s1. The second kappa shape index (κ2) is 16.9. The van der Waals surface area contributed by atoms with Crippen LogP contribution in [0.4, 0.5) is 16.2 Å². The molecule has 3 N–H and O–H groups in total. The molecular weight excluding hydrogens is 560 g/mol. The quantitative estimate of drug-likeness (QED) is 0.148. The molecule has 2 amide bonds. The van der Waals surface area contributed by atoms with Crippen LogP contribution in [-0.4, -0.2) is 43.7 Å². The fraction of sp³-hybridized carbons (Fsp3) is 0.316. The van der Waals surface area contributed by atoms with Gasteiger partial charge in [0.2, 0.25) is 5.91 Å². The number of alkyl carbamates (subject to hydrolysis) is 1. The van der Waals surface area contributed by atoms with Crippen LogP contribution in [0.5, 0.6) is 0 Å². The van der Waals surface area contributed by atoms with Crippen molar-refractivity contribution >= 4 is 23.4 Å². The van der Waals surface area contributed by atoms with E-state index in [1.165, 1.54) is 30.5 Å². The summed E-state index contributed by atoms with van der Waals surface area (Å²) in [5.74, 6) is -0.240. The molecule has 234 valence electrons. The summed E-state index contributed by atoms with van der Waals surface area (Å²) >= 11 is 0. The van der Waals surface area contributed by atoms with E-state index in [0.717, 1.165) is 42.7 Å². The molecule has 1 heterocycles. The molecule has 0 aromatic heterocycles. The molecule has 1 aliphatic heterocycles. The van der Waals surface area contributed by atoms with Gasteiger partial charge in [0.05, 0.1) is 0 Å². The highest BCUT2D eigenvalue weighted by Gasteiger charge is 2.25. The predicted molar refractivity (Wildman–Crippen MR) is 181 cm³/mol. The third-order valence-electron chi connectivity index (χ3n) is 8.22. The van der Waals surface area contributed by atoms with Crippen molar-refractivity contribution in [3.63, 3.8) is 0 Å². The fourth-order valence-corrected chi connectivity index (χ4v) is 5.66. The summed E-state index contributed by atoms with van der Waals surface area (Å²) in [6, 6.07) is 37.1. The van der Waals surface area contributed by atoms with E-state index in [-0.39, 0.29) is 18.6 Å². The largest absolute Gasteiger partial charge is 0.445 e. The van der Waals surface area contributed by atoms with E-state index in [1.54, 1.807) is 0 Å². The SMILES string of the molecule is O=C(N[C@@H](Cc1ccccc1)C(=O)N[C@@H](CCc1ccccc1)CNc1ccc(N2CCCCC2)cc1)OCc1ccccc1. The minimum absolute atomic E-state index is 0.131. The normalized spacial score (nSPS) is 14.2. The van der Waals surface area contributed by atoms with Gasteiger partial charge in [-0.1, -0.05) is 91.0 Å². The highest BCUT2D eigenvalue weighted by molar-refractivity contribution is 5.86. The van der Waals surface area contributed by atoms with Gasteiger partial charge in [-0.25, -0.2) is 4.79 Å². The number of hydrogen-bond donors (Lipinski definition) is 3. The first-order valence-corrected chi connectivity index (χ1v) is 16.1. The highest BCUT2D eigenvalue weighted by atomic mass is 16.5. The van der Waals surface area contributed by atoms with Gasteiger partial charge in [0, 0.05) is 43.5 Å². The molecule has 1 aliphatic rings. The molecule has 1 fully saturated rings. The van der Waals surface area contributed by atoms with Crippen molar-refractivity contribution in [3.05, 3.63) is 132 Å². The van der Waals surface area contributed by atoms with E-state index >= 15 is 0 Å². The summed E-state index contributed by atoms with van der Waals surface area (Å²) in [4.78, 5) is 29.1. The van der Waals surface area contributed by atoms with E-state index in [9.17, 15) is 9.59 Å². The van der Waals surface area contributed by atoms with Gasteiger partial charge in [0.15, 0.2) is 0 Å². The molecule has 4 aromatic rings. The molecule has 4 aromatic carbocycles. The first-order valence-electron chi connectivity index (χ1n) is 16.1. The van der Waals surface area contributed by atoms with E-state index in [1.807, 2.05) is 78.9 Å². The van der Waals surface area contributed by atoms with Crippen LogP contribution in [0.1, 0.15) is 42.4 Å². The molecular formula is C38H44N4O3. The number of ether oxygens (including phenoxy) is 1. The maximum Gasteiger partial charge on any atom is 0.408 e. The Bertz CT molecular complexity index is 1440. The third kappa shape index (κ3) is 10.4. The Morgan fingerprint density at radius 3 is 1.93 bits per heavy atom. The highest BCUT2D eigenvalue weighted by Crippen LogP contribution is 2.22. The number of nitrogens with one attached hydrogen (secondary N) is 3. The molecule has 0 saturated carbocycles. The van der Waals surface area contributed by atoms with Crippen LogP contribution in [0.3, 0.4) is 0 Å². The summed E-state index contributed by atoms with van der Waals surface area (Å²) < 4.78 is 5.47. The van der Waals surface area contributed by atoms with Gasteiger partial charge >= 0.3 is 6.09 Å². The van der Waals surface area contributed by atoms with Crippen molar-refractivity contribution in [2.75, 3.05) is 29.9 Å². The molecule has 0 aliphatic carbocycles. The van der Waals surface area contributed by atoms with Crippen LogP contribution in [0.2, 0.25) is 0 Å². The van der Waals surface area contributed by atoms with E-state index in [0.29, 0.717) is 13.0 Å². The van der Waals surface area contributed by atoms with Gasteiger partial charge < -0.3 is 25.6 Å². The first kappa shape index (κ1) is 31.6. The van der Waals surface area contributed by atoms with Crippen LogP contribution in [-0.2, 0) is 29.0 Å². The number of rotatable bonds is 14. The number of anilines is 2. The summed E-state index contributed by atoms with van der Waals surface area (Å²) in [7, 11) is 0. The maximum absolute atomic E-state index is 13.8. The number of amides is 2. The van der Waals surface area contributed by atoms with Crippen molar-refractivity contribution < 1.29 is 14.3 Å². The summed E-state index contributed by atoms with van der Waals surface area (Å²) in [5, 5.41) is 9.61. The number of nitrogens with zero attached hydrogens (tertiary/aromatic N) is 1. The van der Waals surface area contributed by atoms with Gasteiger partial charge in [-0.3, -0.25) is 4.79 Å². The molecule has 2 atom stereocenters. The Balaban J connectivity index is 1.24. The van der Waals surface area contributed by atoms with Crippen LogP contribution in [0.15, 0.2) is 115 Å². The maximum atomic E-state index is 13.8. The van der Waals surface area contributed by atoms with Crippen molar-refractivity contribution in [1.82, 2.24) is 10.6 Å². The third-order valence-corrected chi connectivity index (χ3v) is 8.22. The van der Waals surface area contributed by atoms with Crippen LogP contribution < -0.4 is 20.9 Å². The molecule has 0 spiro atoms. The fourth-order valence-electron chi connectivity index (χ4n) is 5.66. The van der Waals surface area contributed by atoms with E-state index in [4.69, 9.17) is 4.74 Å². The summed E-state index contributed by atoms with van der Waals surface area (Å²) in [5.41, 5.74) is 5.31. The van der Waals surface area contributed by atoms with Crippen molar-refractivity contribution in [1.29, 1.82) is 0 Å². The van der Waals surface area contributed by atoms with Crippen LogP contribution in [0.25, 0.3) is 0 Å². The van der Waals surface area contributed by atoms with Gasteiger partial charge in [0.1, 0.15) is 12.6 Å². The Labute approximate surface area is 267 Å². The molecule has 7 heteroatoms. The lowest BCUT2D eigenvalue weighted by Gasteiger charge is -2.29. The van der Waals surface area contributed by atoms with E-state index < -0.39 is 12.1 Å². The van der Waals surface area contributed by atoms with Crippen molar-refractivity contribution in [2.45, 2.75) is 57.2 Å². The predicted octanol–water partition coefficient (Wildman–Crippen LogP) is 6.74. The topological polar surface area (TPSA) is 82.7 Å². The Morgan fingerprint density at radius 2 is 1.29 bits per heavy atom. The van der Waals surface area contributed by atoms with Gasteiger partial charge in [-0.15, -0.1) is 0 Å². The minimum Gasteiger partial charge on any atom is -0.445 e. The molecule has 7 nitrogen and oxygen atoms in total. The second-order valence-corrected chi connectivity index (χ2v) is 11.7. The Hall–Kier alpha value is -4.78. The van der Waals surface area contributed by atoms with Gasteiger partial charge in [-0.2, -0.15) is 0 Å². The smallest absolute Gasteiger partial charge is 0.408 e. The zero-order valence-electron chi connectivity index (χ0n) is 25.9. The Kier molecular flexibility index (Phi) is 11.9. The molecule has 5 rings (SSSR count). The monoisotopic (exact) mass is 604 g/mol. The number of benzene rings is 4. The minimum atomic E-state index is -0.793. The molecule has 1 saturated heterocycles. The molecule has 45 heavy (non-hydrogen) atoms. The van der Waals surface area contributed by atoms with Crippen molar-refractivity contribution in [2.24, 2.45) is 0 Å². The Morgan fingerprint density at radius 1 is 0.689 bits per heavy atom. The average molecular weight is 605 g/mol. The number of aryl methyl sites for hydroxylation is 1. The zero-order chi connectivity index (χ0) is 31.1. The number of carbonyl (C=O) groups excluding carboxylic acids is 2. The van der Waals surface area contributed by atoms with E-state index in [2.05, 4.69) is 57.2 Å².